The number of nitrogens with zero attached hydrogens (tertiary/aromatic N) is 1. The molecule has 1 saturated heterocycles. The molecule has 1 atom stereocenters. The fraction of sp³-hybridized carbons (Fsp3) is 0.700. The third-order valence-corrected chi connectivity index (χ3v) is 2.32. The summed E-state index contributed by atoms with van der Waals surface area (Å²) < 4.78 is 5.11. The van der Waals surface area contributed by atoms with Gasteiger partial charge >= 0.3 is 6.09 Å². The van der Waals surface area contributed by atoms with Crippen LogP contribution in [0.15, 0.2) is 0 Å². The lowest BCUT2D eigenvalue weighted by Crippen LogP contribution is -2.52. The molecule has 3 nitrogen and oxygen atoms in total. The molecular formula is C10H15NO2. The van der Waals surface area contributed by atoms with E-state index in [4.69, 9.17) is 11.2 Å². The molecule has 1 rings (SSSR count). The number of rotatable bonds is 1. The maximum Gasteiger partial charge on any atom is 0.411 e. The lowest BCUT2D eigenvalue weighted by Gasteiger charge is -2.40. The molecule has 3 heteroatoms. The van der Waals surface area contributed by atoms with E-state index in [0.717, 1.165) is 0 Å². The predicted octanol–water partition coefficient (Wildman–Crippen LogP) is 1.49. The number of carbonyl (C=O) groups excluding carboxylic acids is 1. The monoisotopic (exact) mass is 181 g/mol. The standard InChI is InChI=1S/C10H15NO2/c1-5-8-10(3,4)7-11(6-2)9(12)13-8/h1,8H,6-7H2,2-4H3/t8-/m0/s1. The van der Waals surface area contributed by atoms with Gasteiger partial charge < -0.3 is 9.64 Å². The Kier molecular flexibility index (Phi) is 2.51. The van der Waals surface area contributed by atoms with Crippen LogP contribution in [0.2, 0.25) is 0 Å². The quantitative estimate of drug-likeness (QED) is 0.573. The zero-order chi connectivity index (χ0) is 10.1. The number of hydrogen-bond acceptors (Lipinski definition) is 2. The Labute approximate surface area is 79.1 Å². The Balaban J connectivity index is 2.80. The minimum Gasteiger partial charge on any atom is -0.432 e. The number of ether oxygens (including phenoxy) is 1. The molecule has 0 saturated carbocycles. The number of amides is 1. The summed E-state index contributed by atoms with van der Waals surface area (Å²) in [6, 6.07) is 0. The SMILES string of the molecule is C#C[C@@H]1OC(=O)N(CC)CC1(C)C. The van der Waals surface area contributed by atoms with Gasteiger partial charge in [0.05, 0.1) is 0 Å². The third-order valence-electron chi connectivity index (χ3n) is 2.32. The summed E-state index contributed by atoms with van der Waals surface area (Å²) in [5.74, 6) is 2.50. The highest BCUT2D eigenvalue weighted by molar-refractivity contribution is 5.69. The van der Waals surface area contributed by atoms with Crippen molar-refractivity contribution in [1.82, 2.24) is 4.90 Å². The Hall–Kier alpha value is -1.17. The molecule has 0 unspecified atom stereocenters. The summed E-state index contributed by atoms with van der Waals surface area (Å²) in [6.07, 6.45) is 4.58. The molecule has 1 heterocycles. The molecule has 0 aromatic rings. The van der Waals surface area contributed by atoms with E-state index in [2.05, 4.69) is 5.92 Å². The molecule has 1 aliphatic rings. The van der Waals surface area contributed by atoms with Crippen molar-refractivity contribution in [3.63, 3.8) is 0 Å². The minimum atomic E-state index is -0.400. The van der Waals surface area contributed by atoms with E-state index >= 15 is 0 Å². The van der Waals surface area contributed by atoms with Gasteiger partial charge in [-0.05, 0) is 6.92 Å². The van der Waals surface area contributed by atoms with E-state index in [1.165, 1.54) is 0 Å². The van der Waals surface area contributed by atoms with Gasteiger partial charge in [0, 0.05) is 18.5 Å². The highest BCUT2D eigenvalue weighted by Crippen LogP contribution is 2.29. The maximum atomic E-state index is 11.3. The van der Waals surface area contributed by atoms with E-state index in [-0.39, 0.29) is 11.5 Å². The highest BCUT2D eigenvalue weighted by Gasteiger charge is 2.39. The van der Waals surface area contributed by atoms with Crippen LogP contribution in [0.3, 0.4) is 0 Å². The van der Waals surface area contributed by atoms with Gasteiger partial charge in [-0.25, -0.2) is 4.79 Å². The molecule has 0 spiro atoms. The van der Waals surface area contributed by atoms with Crippen LogP contribution in [0.25, 0.3) is 0 Å². The largest absolute Gasteiger partial charge is 0.432 e. The lowest BCUT2D eigenvalue weighted by atomic mass is 9.85. The van der Waals surface area contributed by atoms with Crippen molar-refractivity contribution in [3.05, 3.63) is 0 Å². The van der Waals surface area contributed by atoms with Crippen molar-refractivity contribution in [2.24, 2.45) is 5.41 Å². The van der Waals surface area contributed by atoms with E-state index in [0.29, 0.717) is 13.1 Å². The zero-order valence-electron chi connectivity index (χ0n) is 8.33. The van der Waals surface area contributed by atoms with Gasteiger partial charge in [0.2, 0.25) is 0 Å². The first-order valence-electron chi connectivity index (χ1n) is 4.43. The van der Waals surface area contributed by atoms with Crippen molar-refractivity contribution in [2.75, 3.05) is 13.1 Å². The second-order valence-electron chi connectivity index (χ2n) is 3.93. The molecule has 0 aliphatic carbocycles. The number of cyclic esters (lactones) is 1. The van der Waals surface area contributed by atoms with E-state index in [1.54, 1.807) is 4.90 Å². The van der Waals surface area contributed by atoms with Crippen LogP contribution in [-0.2, 0) is 4.74 Å². The summed E-state index contributed by atoms with van der Waals surface area (Å²) in [5.41, 5.74) is -0.154. The van der Waals surface area contributed by atoms with Gasteiger partial charge in [0.15, 0.2) is 6.10 Å². The van der Waals surface area contributed by atoms with Crippen molar-refractivity contribution < 1.29 is 9.53 Å². The molecule has 1 fully saturated rings. The second-order valence-corrected chi connectivity index (χ2v) is 3.93. The normalized spacial score (nSPS) is 26.5. The highest BCUT2D eigenvalue weighted by atomic mass is 16.6. The van der Waals surface area contributed by atoms with Gasteiger partial charge in [-0.3, -0.25) is 0 Å². The van der Waals surface area contributed by atoms with Crippen LogP contribution >= 0.6 is 0 Å². The van der Waals surface area contributed by atoms with Crippen molar-refractivity contribution in [3.8, 4) is 12.3 Å². The van der Waals surface area contributed by atoms with Crippen molar-refractivity contribution >= 4 is 6.09 Å². The molecule has 72 valence electrons. The summed E-state index contributed by atoms with van der Waals surface area (Å²) in [7, 11) is 0. The topological polar surface area (TPSA) is 29.5 Å². The Bertz CT molecular complexity index is 252. The lowest BCUT2D eigenvalue weighted by molar-refractivity contribution is -0.0210. The molecule has 0 aromatic carbocycles. The van der Waals surface area contributed by atoms with Crippen LogP contribution in [-0.4, -0.2) is 30.2 Å². The van der Waals surface area contributed by atoms with E-state index < -0.39 is 6.10 Å². The molecule has 0 radical (unpaired) electrons. The van der Waals surface area contributed by atoms with Crippen LogP contribution in [0, 0.1) is 17.8 Å². The van der Waals surface area contributed by atoms with Gasteiger partial charge in [0.1, 0.15) is 0 Å². The van der Waals surface area contributed by atoms with Crippen LogP contribution in [0.1, 0.15) is 20.8 Å². The molecule has 1 amide bonds. The fourth-order valence-corrected chi connectivity index (χ4v) is 1.47. The third kappa shape index (κ3) is 1.77. The van der Waals surface area contributed by atoms with Crippen LogP contribution in [0.4, 0.5) is 4.79 Å². The average molecular weight is 181 g/mol. The summed E-state index contributed by atoms with van der Waals surface area (Å²) >= 11 is 0. The predicted molar refractivity (Wildman–Crippen MR) is 50.1 cm³/mol. The van der Waals surface area contributed by atoms with Crippen molar-refractivity contribution in [1.29, 1.82) is 0 Å². The minimum absolute atomic E-state index is 0.154. The summed E-state index contributed by atoms with van der Waals surface area (Å²) in [5, 5.41) is 0. The smallest absolute Gasteiger partial charge is 0.411 e. The Morgan fingerprint density at radius 1 is 1.77 bits per heavy atom. The summed E-state index contributed by atoms with van der Waals surface area (Å²) in [4.78, 5) is 13.0. The van der Waals surface area contributed by atoms with Gasteiger partial charge in [-0.1, -0.05) is 19.8 Å². The molecule has 0 aromatic heterocycles. The van der Waals surface area contributed by atoms with E-state index in [9.17, 15) is 4.79 Å². The van der Waals surface area contributed by atoms with Gasteiger partial charge in [-0.2, -0.15) is 0 Å². The number of terminal acetylenes is 1. The zero-order valence-corrected chi connectivity index (χ0v) is 8.33. The number of hydrogen-bond donors (Lipinski definition) is 0. The maximum absolute atomic E-state index is 11.3. The Morgan fingerprint density at radius 3 is 2.85 bits per heavy atom. The van der Waals surface area contributed by atoms with Crippen LogP contribution in [0.5, 0.6) is 0 Å². The van der Waals surface area contributed by atoms with Gasteiger partial charge in [-0.15, -0.1) is 6.42 Å². The molecule has 0 bridgehead atoms. The summed E-state index contributed by atoms with van der Waals surface area (Å²) in [6.45, 7) is 7.27. The number of carbonyl (C=O) groups is 1. The Morgan fingerprint density at radius 2 is 2.38 bits per heavy atom. The van der Waals surface area contributed by atoms with Crippen LogP contribution < -0.4 is 0 Å². The molecule has 0 N–H and O–H groups in total. The molecule has 13 heavy (non-hydrogen) atoms. The fourth-order valence-electron chi connectivity index (χ4n) is 1.47. The van der Waals surface area contributed by atoms with Gasteiger partial charge in [0.25, 0.3) is 0 Å². The first-order chi connectivity index (χ1) is 6.01. The first-order valence-corrected chi connectivity index (χ1v) is 4.43. The molecular weight excluding hydrogens is 166 g/mol. The van der Waals surface area contributed by atoms with Crippen molar-refractivity contribution in [2.45, 2.75) is 26.9 Å². The first kappa shape index (κ1) is 9.91. The van der Waals surface area contributed by atoms with E-state index in [1.807, 2.05) is 20.8 Å². The average Bonchev–Trinajstić information content (AvgIpc) is 2.08. The molecule has 1 aliphatic heterocycles. The second kappa shape index (κ2) is 3.29.